The molecule has 122 valence electrons. The normalized spacial score (nSPS) is 18.2. The third-order valence-corrected chi connectivity index (χ3v) is 5.75. The summed E-state index contributed by atoms with van der Waals surface area (Å²) in [7, 11) is 1.46. The lowest BCUT2D eigenvalue weighted by atomic mass is 10.0. The zero-order chi connectivity index (χ0) is 16.4. The van der Waals surface area contributed by atoms with E-state index < -0.39 is 0 Å². The van der Waals surface area contributed by atoms with E-state index in [9.17, 15) is 14.4 Å². The molecule has 1 saturated carbocycles. The summed E-state index contributed by atoms with van der Waals surface area (Å²) in [5.41, 5.74) is 1.32. The summed E-state index contributed by atoms with van der Waals surface area (Å²) >= 11 is 1.71. The highest BCUT2D eigenvalue weighted by Gasteiger charge is 2.32. The van der Waals surface area contributed by atoms with Crippen molar-refractivity contribution in [2.24, 2.45) is 0 Å². The molecule has 1 aromatic carbocycles. The van der Waals surface area contributed by atoms with Crippen LogP contribution in [0.15, 0.2) is 18.2 Å². The van der Waals surface area contributed by atoms with E-state index in [0.29, 0.717) is 27.8 Å². The number of thioether (sulfide) groups is 1. The van der Waals surface area contributed by atoms with E-state index >= 15 is 0 Å². The fourth-order valence-corrected chi connectivity index (χ4v) is 4.19. The maximum absolute atomic E-state index is 12.1. The molecule has 0 unspecified atom stereocenters. The van der Waals surface area contributed by atoms with Gasteiger partial charge in [-0.15, -0.1) is 11.8 Å². The topological polar surface area (TPSA) is 66.5 Å². The molecule has 0 radical (unpaired) electrons. The highest BCUT2D eigenvalue weighted by molar-refractivity contribution is 8.00. The molecule has 0 spiro atoms. The van der Waals surface area contributed by atoms with E-state index in [1.54, 1.807) is 30.0 Å². The Morgan fingerprint density at radius 3 is 2.61 bits per heavy atom. The first-order valence-electron chi connectivity index (χ1n) is 7.94. The van der Waals surface area contributed by atoms with Gasteiger partial charge in [0.25, 0.3) is 11.8 Å². The summed E-state index contributed by atoms with van der Waals surface area (Å²) in [6.07, 6.45) is 6.21. The van der Waals surface area contributed by atoms with Crippen LogP contribution in [0, 0.1) is 0 Å². The van der Waals surface area contributed by atoms with Gasteiger partial charge < -0.3 is 5.32 Å². The molecule has 1 aliphatic carbocycles. The Morgan fingerprint density at radius 2 is 1.87 bits per heavy atom. The van der Waals surface area contributed by atoms with E-state index in [0.717, 1.165) is 4.90 Å². The molecule has 0 aromatic heterocycles. The maximum Gasteiger partial charge on any atom is 0.261 e. The SMILES string of the molecule is CN1C(=O)c2ccc(NC(=O)CSC3CCCCC3)cc2C1=O. The zero-order valence-electron chi connectivity index (χ0n) is 13.1. The van der Waals surface area contributed by atoms with Gasteiger partial charge in [0.15, 0.2) is 0 Å². The second-order valence-electron chi connectivity index (χ2n) is 6.05. The van der Waals surface area contributed by atoms with E-state index in [1.165, 1.54) is 39.2 Å². The van der Waals surface area contributed by atoms with Crippen LogP contribution in [0.2, 0.25) is 0 Å². The molecular formula is C17H20N2O3S. The van der Waals surface area contributed by atoms with Crippen LogP contribution in [0.5, 0.6) is 0 Å². The fraction of sp³-hybridized carbons (Fsp3) is 0.471. The van der Waals surface area contributed by atoms with Crippen molar-refractivity contribution in [3.05, 3.63) is 29.3 Å². The van der Waals surface area contributed by atoms with Crippen LogP contribution in [0.25, 0.3) is 0 Å². The van der Waals surface area contributed by atoms with Gasteiger partial charge in [-0.25, -0.2) is 0 Å². The van der Waals surface area contributed by atoms with E-state index in [4.69, 9.17) is 0 Å². The summed E-state index contributed by atoms with van der Waals surface area (Å²) in [6, 6.07) is 4.86. The first-order chi connectivity index (χ1) is 11.1. The number of anilines is 1. The molecule has 1 aliphatic heterocycles. The Morgan fingerprint density at radius 1 is 1.17 bits per heavy atom. The average Bonchev–Trinajstić information content (AvgIpc) is 2.78. The van der Waals surface area contributed by atoms with Crippen molar-refractivity contribution in [1.82, 2.24) is 4.90 Å². The van der Waals surface area contributed by atoms with E-state index in [2.05, 4.69) is 5.32 Å². The van der Waals surface area contributed by atoms with E-state index in [1.807, 2.05) is 0 Å². The molecule has 0 bridgehead atoms. The molecule has 3 rings (SSSR count). The molecule has 5 nitrogen and oxygen atoms in total. The lowest BCUT2D eigenvalue weighted by Crippen LogP contribution is -2.24. The van der Waals surface area contributed by atoms with Crippen molar-refractivity contribution in [1.29, 1.82) is 0 Å². The van der Waals surface area contributed by atoms with Crippen LogP contribution in [-0.4, -0.2) is 40.7 Å². The third-order valence-electron chi connectivity index (χ3n) is 4.38. The molecule has 0 saturated heterocycles. The molecular weight excluding hydrogens is 312 g/mol. The largest absolute Gasteiger partial charge is 0.325 e. The quantitative estimate of drug-likeness (QED) is 0.861. The van der Waals surface area contributed by atoms with Crippen molar-refractivity contribution >= 4 is 35.2 Å². The van der Waals surface area contributed by atoms with Gasteiger partial charge in [-0.1, -0.05) is 19.3 Å². The van der Waals surface area contributed by atoms with Gasteiger partial charge in [-0.2, -0.15) is 0 Å². The van der Waals surface area contributed by atoms with Gasteiger partial charge in [0.1, 0.15) is 0 Å². The lowest BCUT2D eigenvalue weighted by molar-refractivity contribution is -0.113. The van der Waals surface area contributed by atoms with Crippen LogP contribution in [0.1, 0.15) is 52.8 Å². The predicted molar refractivity (Wildman–Crippen MR) is 90.8 cm³/mol. The van der Waals surface area contributed by atoms with Gasteiger partial charge in [0, 0.05) is 18.0 Å². The van der Waals surface area contributed by atoms with Crippen LogP contribution < -0.4 is 5.32 Å². The Balaban J connectivity index is 1.59. The highest BCUT2D eigenvalue weighted by atomic mass is 32.2. The van der Waals surface area contributed by atoms with E-state index in [-0.39, 0.29) is 17.7 Å². The van der Waals surface area contributed by atoms with Crippen LogP contribution in [0.4, 0.5) is 5.69 Å². The Hall–Kier alpha value is -1.82. The molecule has 1 aromatic rings. The Kier molecular flexibility index (Phi) is 4.71. The molecule has 1 N–H and O–H groups in total. The fourth-order valence-electron chi connectivity index (χ4n) is 3.06. The Labute approximate surface area is 139 Å². The van der Waals surface area contributed by atoms with Gasteiger partial charge in [-0.3, -0.25) is 19.3 Å². The number of fused-ring (bicyclic) bond motifs is 1. The number of nitrogens with zero attached hydrogens (tertiary/aromatic N) is 1. The summed E-state index contributed by atoms with van der Waals surface area (Å²) in [6.45, 7) is 0. The highest BCUT2D eigenvalue weighted by Crippen LogP contribution is 2.28. The molecule has 2 aliphatic rings. The van der Waals surface area contributed by atoms with Crippen LogP contribution in [0.3, 0.4) is 0 Å². The van der Waals surface area contributed by atoms with Crippen molar-refractivity contribution in [3.8, 4) is 0 Å². The smallest absolute Gasteiger partial charge is 0.261 e. The third kappa shape index (κ3) is 3.42. The molecule has 6 heteroatoms. The minimum Gasteiger partial charge on any atom is -0.325 e. The van der Waals surface area contributed by atoms with Gasteiger partial charge in [0.05, 0.1) is 16.9 Å². The van der Waals surface area contributed by atoms with Gasteiger partial charge >= 0.3 is 0 Å². The first kappa shape index (κ1) is 16.1. The van der Waals surface area contributed by atoms with Crippen LogP contribution in [-0.2, 0) is 4.79 Å². The standard InChI is InChI=1S/C17H20N2O3S/c1-19-16(21)13-8-7-11(9-14(13)17(19)22)18-15(20)10-23-12-5-3-2-4-6-12/h7-9,12H,2-6,10H2,1H3,(H,18,20). The maximum atomic E-state index is 12.1. The second kappa shape index (κ2) is 6.74. The lowest BCUT2D eigenvalue weighted by Gasteiger charge is -2.20. The number of hydrogen-bond donors (Lipinski definition) is 1. The van der Waals surface area contributed by atoms with Gasteiger partial charge in [0.2, 0.25) is 5.91 Å². The van der Waals surface area contributed by atoms with Crippen molar-refractivity contribution in [2.75, 3.05) is 18.1 Å². The number of benzene rings is 1. The summed E-state index contributed by atoms with van der Waals surface area (Å²) in [4.78, 5) is 37.0. The van der Waals surface area contributed by atoms with Gasteiger partial charge in [-0.05, 0) is 31.0 Å². The molecule has 1 fully saturated rings. The molecule has 1 heterocycles. The first-order valence-corrected chi connectivity index (χ1v) is 8.99. The number of amides is 3. The molecule has 0 atom stereocenters. The number of nitrogens with one attached hydrogen (secondary N) is 1. The average molecular weight is 332 g/mol. The predicted octanol–water partition coefficient (Wildman–Crippen LogP) is 2.92. The molecule has 23 heavy (non-hydrogen) atoms. The number of carbonyl (C=O) groups is 3. The minimum absolute atomic E-state index is 0.0642. The summed E-state index contributed by atoms with van der Waals surface area (Å²) < 4.78 is 0. The number of hydrogen-bond acceptors (Lipinski definition) is 4. The summed E-state index contributed by atoms with van der Waals surface area (Å²) in [5.74, 6) is -0.256. The van der Waals surface area contributed by atoms with Crippen molar-refractivity contribution in [2.45, 2.75) is 37.4 Å². The second-order valence-corrected chi connectivity index (χ2v) is 7.34. The minimum atomic E-state index is -0.322. The monoisotopic (exact) mass is 332 g/mol. The van der Waals surface area contributed by atoms with Crippen LogP contribution >= 0.6 is 11.8 Å². The number of carbonyl (C=O) groups excluding carboxylic acids is 3. The Bertz CT molecular complexity index is 653. The van der Waals surface area contributed by atoms with Crippen molar-refractivity contribution < 1.29 is 14.4 Å². The summed E-state index contributed by atoms with van der Waals surface area (Å²) in [5, 5.41) is 3.41. The molecule has 3 amide bonds. The number of rotatable bonds is 4. The number of imide groups is 1. The zero-order valence-corrected chi connectivity index (χ0v) is 13.9. The van der Waals surface area contributed by atoms with Crippen molar-refractivity contribution in [3.63, 3.8) is 0 Å².